The van der Waals surface area contributed by atoms with Crippen LogP contribution in [-0.4, -0.2) is 6.04 Å². The van der Waals surface area contributed by atoms with Crippen molar-refractivity contribution in [3.63, 3.8) is 0 Å². The Balaban J connectivity index is 2.00. The molecule has 19 heavy (non-hydrogen) atoms. The number of benzene rings is 1. The Hall–Kier alpha value is -1.47. The predicted molar refractivity (Wildman–Crippen MR) is 69.3 cm³/mol. The highest BCUT2D eigenvalue weighted by atomic mass is 19.1. The average molecular weight is 264 g/mol. The van der Waals surface area contributed by atoms with Gasteiger partial charge in [-0.05, 0) is 30.9 Å². The summed E-state index contributed by atoms with van der Waals surface area (Å²) in [6.45, 7) is 2.25. The molecule has 0 aliphatic heterocycles. The van der Waals surface area contributed by atoms with Crippen molar-refractivity contribution in [2.45, 2.75) is 45.2 Å². The van der Waals surface area contributed by atoms with E-state index in [-0.39, 0.29) is 17.7 Å². The molecule has 2 rings (SSSR count). The first-order valence-corrected chi connectivity index (χ1v) is 6.75. The maximum atomic E-state index is 13.7. The number of halogens is 2. The second-order valence-electron chi connectivity index (χ2n) is 5.20. The molecule has 1 atom stereocenters. The lowest BCUT2D eigenvalue weighted by atomic mass is 10.1. The quantitative estimate of drug-likeness (QED) is 0.853. The molecular weight excluding hydrogens is 246 g/mol. The van der Waals surface area contributed by atoms with Crippen LogP contribution in [0, 0.1) is 28.9 Å². The number of hydrogen-bond acceptors (Lipinski definition) is 2. The topological polar surface area (TPSA) is 35.8 Å². The van der Waals surface area contributed by atoms with Crippen LogP contribution < -0.4 is 5.32 Å². The number of nitriles is 1. The van der Waals surface area contributed by atoms with Crippen LogP contribution in [0.25, 0.3) is 0 Å². The average Bonchev–Trinajstić information content (AvgIpc) is 3.19. The van der Waals surface area contributed by atoms with E-state index in [0.29, 0.717) is 6.04 Å². The van der Waals surface area contributed by atoms with E-state index in [2.05, 4.69) is 12.2 Å². The van der Waals surface area contributed by atoms with Gasteiger partial charge in [0, 0.05) is 18.2 Å². The molecule has 2 nitrogen and oxygen atoms in total. The summed E-state index contributed by atoms with van der Waals surface area (Å²) < 4.78 is 27.4. The summed E-state index contributed by atoms with van der Waals surface area (Å²) in [7, 11) is 0. The third-order valence-electron chi connectivity index (χ3n) is 3.65. The van der Waals surface area contributed by atoms with Crippen LogP contribution in [0.3, 0.4) is 0 Å². The van der Waals surface area contributed by atoms with E-state index >= 15 is 0 Å². The number of nitrogens with zero attached hydrogens (tertiary/aromatic N) is 1. The molecule has 0 spiro atoms. The lowest BCUT2D eigenvalue weighted by Gasteiger charge is -2.17. The molecule has 0 heterocycles. The lowest BCUT2D eigenvalue weighted by Crippen LogP contribution is -2.29. The van der Waals surface area contributed by atoms with E-state index in [9.17, 15) is 8.78 Å². The molecule has 1 aliphatic carbocycles. The first kappa shape index (κ1) is 14.0. The maximum Gasteiger partial charge on any atom is 0.131 e. The minimum atomic E-state index is -0.648. The van der Waals surface area contributed by atoms with E-state index in [1.165, 1.54) is 12.8 Å². The summed E-state index contributed by atoms with van der Waals surface area (Å²) in [5.41, 5.74) is 0.0389. The normalized spacial score (nSPS) is 16.1. The van der Waals surface area contributed by atoms with Crippen molar-refractivity contribution >= 4 is 0 Å². The monoisotopic (exact) mass is 264 g/mol. The largest absolute Gasteiger partial charge is 0.310 e. The first-order valence-electron chi connectivity index (χ1n) is 6.75. The molecule has 1 aromatic carbocycles. The summed E-state index contributed by atoms with van der Waals surface area (Å²) >= 11 is 0. The van der Waals surface area contributed by atoms with E-state index in [4.69, 9.17) is 5.26 Å². The molecule has 1 fully saturated rings. The van der Waals surface area contributed by atoms with Gasteiger partial charge in [-0.15, -0.1) is 0 Å². The van der Waals surface area contributed by atoms with Gasteiger partial charge in [-0.25, -0.2) is 8.78 Å². The molecule has 0 aromatic heterocycles. The van der Waals surface area contributed by atoms with Gasteiger partial charge in [0.15, 0.2) is 0 Å². The predicted octanol–water partition coefficient (Wildman–Crippen LogP) is 3.50. The van der Waals surface area contributed by atoms with Crippen LogP contribution >= 0.6 is 0 Å². The Labute approximate surface area is 112 Å². The Kier molecular flexibility index (Phi) is 4.49. The summed E-state index contributed by atoms with van der Waals surface area (Å²) in [5.74, 6) is -0.510. The smallest absolute Gasteiger partial charge is 0.131 e. The molecule has 1 aliphatic rings. The first-order chi connectivity index (χ1) is 9.13. The van der Waals surface area contributed by atoms with Crippen LogP contribution in [-0.2, 0) is 6.54 Å². The van der Waals surface area contributed by atoms with Gasteiger partial charge in [0.05, 0.1) is 11.6 Å². The fraction of sp³-hybridized carbons (Fsp3) is 0.533. The van der Waals surface area contributed by atoms with Crippen LogP contribution in [0.2, 0.25) is 0 Å². The van der Waals surface area contributed by atoms with Gasteiger partial charge < -0.3 is 5.32 Å². The third kappa shape index (κ3) is 3.74. The van der Waals surface area contributed by atoms with E-state index in [1.54, 1.807) is 6.07 Å². The molecule has 1 N–H and O–H groups in total. The highest BCUT2D eigenvalue weighted by Gasteiger charge is 2.24. The summed E-state index contributed by atoms with van der Waals surface area (Å²) in [4.78, 5) is 0. The van der Waals surface area contributed by atoms with Crippen molar-refractivity contribution < 1.29 is 8.78 Å². The van der Waals surface area contributed by atoms with Crippen molar-refractivity contribution in [1.29, 1.82) is 5.26 Å². The van der Waals surface area contributed by atoms with E-state index in [0.717, 1.165) is 30.9 Å². The Bertz CT molecular complexity index is 466. The number of rotatable bonds is 6. The van der Waals surface area contributed by atoms with Gasteiger partial charge >= 0.3 is 0 Å². The van der Waals surface area contributed by atoms with Gasteiger partial charge in [-0.3, -0.25) is 0 Å². The zero-order valence-corrected chi connectivity index (χ0v) is 11.0. The number of nitrogens with one attached hydrogen (secondary N) is 1. The van der Waals surface area contributed by atoms with Gasteiger partial charge in [-0.1, -0.05) is 19.8 Å². The van der Waals surface area contributed by atoms with E-state index in [1.807, 2.05) is 0 Å². The lowest BCUT2D eigenvalue weighted by molar-refractivity contribution is 0.431. The molecule has 0 radical (unpaired) electrons. The molecule has 1 saturated carbocycles. The highest BCUT2D eigenvalue weighted by molar-refractivity contribution is 5.34. The van der Waals surface area contributed by atoms with Crippen LogP contribution in [0.5, 0.6) is 0 Å². The van der Waals surface area contributed by atoms with Gasteiger partial charge in [0.2, 0.25) is 0 Å². The Morgan fingerprint density at radius 1 is 1.37 bits per heavy atom. The Morgan fingerprint density at radius 3 is 2.47 bits per heavy atom. The number of hydrogen-bond donors (Lipinski definition) is 1. The van der Waals surface area contributed by atoms with Gasteiger partial charge in [0.25, 0.3) is 0 Å². The van der Waals surface area contributed by atoms with Crippen LogP contribution in [0.4, 0.5) is 8.78 Å². The van der Waals surface area contributed by atoms with Crippen molar-refractivity contribution in [2.75, 3.05) is 0 Å². The SMILES string of the molecule is CCC(CC1CC1)NCc1c(F)cc(C#N)cc1F. The van der Waals surface area contributed by atoms with Crippen LogP contribution in [0.15, 0.2) is 12.1 Å². The van der Waals surface area contributed by atoms with Crippen LogP contribution in [0.1, 0.15) is 43.7 Å². The van der Waals surface area contributed by atoms with E-state index < -0.39 is 11.6 Å². The third-order valence-corrected chi connectivity index (χ3v) is 3.65. The summed E-state index contributed by atoms with van der Waals surface area (Å²) in [6, 6.07) is 4.22. The minimum absolute atomic E-state index is 0.0174. The maximum absolute atomic E-state index is 13.7. The molecule has 1 aromatic rings. The van der Waals surface area contributed by atoms with Crippen molar-refractivity contribution in [1.82, 2.24) is 5.32 Å². The molecule has 0 saturated heterocycles. The van der Waals surface area contributed by atoms with Gasteiger partial charge in [-0.2, -0.15) is 5.26 Å². The molecule has 0 bridgehead atoms. The second kappa shape index (κ2) is 6.12. The van der Waals surface area contributed by atoms with Crippen molar-refractivity contribution in [3.8, 4) is 6.07 Å². The molecule has 4 heteroatoms. The fourth-order valence-electron chi connectivity index (χ4n) is 2.23. The Morgan fingerprint density at radius 2 is 2.00 bits per heavy atom. The molecular formula is C15H18F2N2. The molecule has 102 valence electrons. The van der Waals surface area contributed by atoms with Gasteiger partial charge in [0.1, 0.15) is 11.6 Å². The van der Waals surface area contributed by atoms with Crippen molar-refractivity contribution in [3.05, 3.63) is 34.9 Å². The highest BCUT2D eigenvalue weighted by Crippen LogP contribution is 2.34. The van der Waals surface area contributed by atoms with Crippen molar-refractivity contribution in [2.24, 2.45) is 5.92 Å². The fourth-order valence-corrected chi connectivity index (χ4v) is 2.23. The second-order valence-corrected chi connectivity index (χ2v) is 5.20. The zero-order valence-electron chi connectivity index (χ0n) is 11.0. The summed E-state index contributed by atoms with van der Waals surface area (Å²) in [5, 5.41) is 11.9. The molecule has 0 amide bonds. The minimum Gasteiger partial charge on any atom is -0.310 e. The summed E-state index contributed by atoms with van der Waals surface area (Å²) in [6.07, 6.45) is 4.58. The zero-order chi connectivity index (χ0) is 13.8. The molecule has 1 unspecified atom stereocenters. The standard InChI is InChI=1S/C15H18F2N2/c1-2-12(5-10-3-4-10)19-9-13-14(16)6-11(8-18)7-15(13)17/h6-7,10,12,19H,2-5,9H2,1H3.